The number of imidazole rings is 1. The van der Waals surface area contributed by atoms with E-state index in [0.29, 0.717) is 50.0 Å². The molecule has 8 nitrogen and oxygen atoms in total. The van der Waals surface area contributed by atoms with E-state index in [1.807, 2.05) is 10.6 Å². The van der Waals surface area contributed by atoms with E-state index in [4.69, 9.17) is 30.8 Å². The second kappa shape index (κ2) is 14.5. The maximum atomic E-state index is 14.5. The maximum Gasteiger partial charge on any atom is 0.348 e. The quantitative estimate of drug-likeness (QED) is 0.0814. The van der Waals surface area contributed by atoms with Crippen molar-refractivity contribution in [1.29, 1.82) is 0 Å². The summed E-state index contributed by atoms with van der Waals surface area (Å²) in [5.41, 5.74) is 2.72. The summed E-state index contributed by atoms with van der Waals surface area (Å²) in [6, 6.07) is 10.1. The van der Waals surface area contributed by atoms with Crippen molar-refractivity contribution in [3.63, 3.8) is 0 Å². The number of carbonyl (C=O) groups excluding carboxylic acids is 1. The molecule has 5 rings (SSSR count). The molecule has 1 aromatic carbocycles. The normalized spacial score (nSPS) is 14.2. The Morgan fingerprint density at radius 2 is 1.93 bits per heavy atom. The van der Waals surface area contributed by atoms with E-state index in [1.165, 1.54) is 29.5 Å². The first-order valence-electron chi connectivity index (χ1n) is 14.9. The number of rotatable bonds is 13. The van der Waals surface area contributed by atoms with Crippen LogP contribution in [0.15, 0.2) is 42.5 Å². The number of thiophene rings is 1. The van der Waals surface area contributed by atoms with E-state index in [9.17, 15) is 13.6 Å². The molecule has 1 aliphatic rings. The van der Waals surface area contributed by atoms with Crippen molar-refractivity contribution in [2.24, 2.45) is 0 Å². The summed E-state index contributed by atoms with van der Waals surface area (Å²) in [6.45, 7) is 11.9. The van der Waals surface area contributed by atoms with Gasteiger partial charge in [-0.1, -0.05) is 43.4 Å². The SMILES string of the molecule is CCOC(=O)c1cc2c(nc(CN3CC=C(c4ccc(F)c(OCc5ccc(Cl)cc5F)n4)CC3)n2COCC[Si](C)(C)C)s1. The summed E-state index contributed by atoms with van der Waals surface area (Å²) in [5.74, 6) is -0.796. The number of carbonyl (C=O) groups is 1. The first kappa shape index (κ1) is 33.2. The Kier molecular flexibility index (Phi) is 10.7. The molecule has 4 aromatic rings. The molecule has 0 bridgehead atoms. The van der Waals surface area contributed by atoms with Crippen LogP contribution in [0.3, 0.4) is 0 Å². The molecule has 4 heterocycles. The minimum Gasteiger partial charge on any atom is -0.471 e. The van der Waals surface area contributed by atoms with Crippen LogP contribution >= 0.6 is 22.9 Å². The van der Waals surface area contributed by atoms with Crippen molar-refractivity contribution in [3.8, 4) is 5.88 Å². The summed E-state index contributed by atoms with van der Waals surface area (Å²) in [5, 5.41) is 0.276. The molecule has 0 N–H and O–H groups in total. The Morgan fingerprint density at radius 1 is 1.11 bits per heavy atom. The summed E-state index contributed by atoms with van der Waals surface area (Å²) in [6.07, 6.45) is 2.77. The van der Waals surface area contributed by atoms with E-state index in [-0.39, 0.29) is 29.0 Å². The molecule has 0 saturated heterocycles. The average molecular weight is 675 g/mol. The number of aromatic nitrogens is 3. The molecule has 0 aliphatic carbocycles. The third kappa shape index (κ3) is 8.56. The lowest BCUT2D eigenvalue weighted by molar-refractivity contribution is 0.0532. The zero-order valence-electron chi connectivity index (χ0n) is 25.9. The van der Waals surface area contributed by atoms with Gasteiger partial charge in [0.15, 0.2) is 5.82 Å². The highest BCUT2D eigenvalue weighted by Crippen LogP contribution is 2.30. The van der Waals surface area contributed by atoms with Crippen LogP contribution in [-0.4, -0.2) is 59.8 Å². The van der Waals surface area contributed by atoms with Gasteiger partial charge in [-0.2, -0.15) is 0 Å². The van der Waals surface area contributed by atoms with E-state index in [0.717, 1.165) is 34.3 Å². The van der Waals surface area contributed by atoms with Gasteiger partial charge >= 0.3 is 5.97 Å². The molecule has 0 unspecified atom stereocenters. The van der Waals surface area contributed by atoms with Crippen LogP contribution in [0.5, 0.6) is 5.88 Å². The highest BCUT2D eigenvalue weighted by molar-refractivity contribution is 7.20. The van der Waals surface area contributed by atoms with Gasteiger partial charge in [0.25, 0.3) is 5.88 Å². The molecule has 240 valence electrons. The zero-order valence-corrected chi connectivity index (χ0v) is 28.4. The Labute approximate surface area is 271 Å². The number of hydrogen-bond donors (Lipinski definition) is 0. The van der Waals surface area contributed by atoms with E-state index >= 15 is 0 Å². The molecule has 0 saturated carbocycles. The summed E-state index contributed by atoms with van der Waals surface area (Å²) in [4.78, 5) is 25.2. The second-order valence-corrected chi connectivity index (χ2v) is 19.1. The average Bonchev–Trinajstić information content (AvgIpc) is 3.54. The minimum atomic E-state index is -1.24. The molecule has 0 amide bonds. The third-order valence-corrected chi connectivity index (χ3v) is 10.3. The lowest BCUT2D eigenvalue weighted by Crippen LogP contribution is -2.30. The molecule has 1 aliphatic heterocycles. The molecule has 0 atom stereocenters. The molecular formula is C32H37ClF2N4O4SSi. The molecule has 0 spiro atoms. The smallest absolute Gasteiger partial charge is 0.348 e. The molecule has 45 heavy (non-hydrogen) atoms. The molecular weight excluding hydrogens is 638 g/mol. The van der Waals surface area contributed by atoms with Gasteiger partial charge in [0.2, 0.25) is 0 Å². The zero-order chi connectivity index (χ0) is 32.1. The predicted octanol–water partition coefficient (Wildman–Crippen LogP) is 7.78. The Bertz CT molecular complexity index is 1700. The van der Waals surface area contributed by atoms with Crippen molar-refractivity contribution in [3.05, 3.63) is 81.1 Å². The monoisotopic (exact) mass is 674 g/mol. The molecule has 0 fully saturated rings. The number of esters is 1. The standard InChI is InChI=1S/C32H37ClF2N4O4SSi/c1-5-42-32(40)28-17-27-31(44-28)37-29(39(27)20-41-14-15-45(2,3)4)18-38-12-10-21(11-13-38)26-9-8-24(34)30(36-26)43-19-22-6-7-23(33)16-25(22)35/h6-10,16-17H,5,11-15,18-20H2,1-4H3. The fraction of sp³-hybridized carbons (Fsp3) is 0.406. The molecule has 0 radical (unpaired) electrons. The minimum absolute atomic E-state index is 0.170. The fourth-order valence-corrected chi connectivity index (χ4v) is 6.70. The van der Waals surface area contributed by atoms with Crippen molar-refractivity contribution in [2.75, 3.05) is 26.3 Å². The fourth-order valence-electron chi connectivity index (χ4n) is 4.84. The van der Waals surface area contributed by atoms with Crippen LogP contribution < -0.4 is 4.74 Å². The number of pyridine rings is 1. The largest absolute Gasteiger partial charge is 0.471 e. The third-order valence-electron chi connectivity index (χ3n) is 7.40. The van der Waals surface area contributed by atoms with Crippen molar-refractivity contribution < 1.29 is 27.8 Å². The van der Waals surface area contributed by atoms with Crippen LogP contribution in [0.2, 0.25) is 30.7 Å². The van der Waals surface area contributed by atoms with Crippen molar-refractivity contribution in [2.45, 2.75) is 58.9 Å². The maximum absolute atomic E-state index is 14.5. The second-order valence-electron chi connectivity index (χ2n) is 12.0. The van der Waals surface area contributed by atoms with Crippen LogP contribution in [0, 0.1) is 11.6 Å². The molecule has 13 heteroatoms. The Balaban J connectivity index is 1.27. The summed E-state index contributed by atoms with van der Waals surface area (Å²) in [7, 11) is -1.24. The topological polar surface area (TPSA) is 78.7 Å². The number of ether oxygens (including phenoxy) is 3. The van der Waals surface area contributed by atoms with E-state index in [2.05, 4.69) is 35.6 Å². The highest BCUT2D eigenvalue weighted by atomic mass is 35.5. The summed E-state index contributed by atoms with van der Waals surface area (Å²) < 4.78 is 47.6. The van der Waals surface area contributed by atoms with Crippen LogP contribution in [0.4, 0.5) is 8.78 Å². The van der Waals surface area contributed by atoms with Crippen molar-refractivity contribution in [1.82, 2.24) is 19.4 Å². The van der Waals surface area contributed by atoms with Gasteiger partial charge in [-0.05, 0) is 55.3 Å². The highest BCUT2D eigenvalue weighted by Gasteiger charge is 2.22. The van der Waals surface area contributed by atoms with Gasteiger partial charge in [-0.15, -0.1) is 11.3 Å². The number of hydrogen-bond acceptors (Lipinski definition) is 8. The van der Waals surface area contributed by atoms with Crippen LogP contribution in [-0.2, 0) is 29.4 Å². The number of fused-ring (bicyclic) bond motifs is 1. The van der Waals surface area contributed by atoms with E-state index < -0.39 is 19.7 Å². The molecule has 3 aromatic heterocycles. The predicted molar refractivity (Wildman–Crippen MR) is 175 cm³/mol. The van der Waals surface area contributed by atoms with Gasteiger partial charge in [-0.3, -0.25) is 4.90 Å². The number of nitrogens with zero attached hydrogens (tertiary/aromatic N) is 4. The van der Waals surface area contributed by atoms with Crippen LogP contribution in [0.1, 0.15) is 40.1 Å². The first-order chi connectivity index (χ1) is 21.5. The lowest BCUT2D eigenvalue weighted by Gasteiger charge is -2.26. The van der Waals surface area contributed by atoms with Crippen molar-refractivity contribution >= 4 is 52.9 Å². The Morgan fingerprint density at radius 3 is 2.64 bits per heavy atom. The first-order valence-corrected chi connectivity index (χ1v) is 19.8. The Hall–Kier alpha value is -3.16. The lowest BCUT2D eigenvalue weighted by atomic mass is 10.0. The van der Waals surface area contributed by atoms with Gasteiger partial charge in [-0.25, -0.2) is 23.5 Å². The van der Waals surface area contributed by atoms with E-state index in [1.54, 1.807) is 19.1 Å². The van der Waals surface area contributed by atoms with Gasteiger partial charge < -0.3 is 18.8 Å². The van der Waals surface area contributed by atoms with Gasteiger partial charge in [0, 0.05) is 38.4 Å². The van der Waals surface area contributed by atoms with Gasteiger partial charge in [0.1, 0.15) is 34.7 Å². The number of benzene rings is 1. The van der Waals surface area contributed by atoms with Crippen LogP contribution in [0.25, 0.3) is 15.9 Å². The number of halogens is 3. The summed E-state index contributed by atoms with van der Waals surface area (Å²) >= 11 is 7.15. The van der Waals surface area contributed by atoms with Gasteiger partial charge in [0.05, 0.1) is 24.4 Å².